The Hall–Kier alpha value is -3.86. The highest BCUT2D eigenvalue weighted by molar-refractivity contribution is 6.56. The Morgan fingerprint density at radius 2 is 1.32 bits per heavy atom. The van der Waals surface area contributed by atoms with Gasteiger partial charge < -0.3 is 0 Å². The van der Waals surface area contributed by atoms with Gasteiger partial charge in [-0.2, -0.15) is 0 Å². The van der Waals surface area contributed by atoms with Crippen molar-refractivity contribution >= 4 is 34.5 Å². The molecule has 1 aliphatic carbocycles. The van der Waals surface area contributed by atoms with Gasteiger partial charge in [0, 0.05) is 23.2 Å². The van der Waals surface area contributed by atoms with Crippen LogP contribution in [-0.4, -0.2) is 23.1 Å². The fourth-order valence-electron chi connectivity index (χ4n) is 3.65. The molecule has 0 saturated carbocycles. The van der Waals surface area contributed by atoms with Crippen molar-refractivity contribution in [2.24, 2.45) is 10.2 Å². The van der Waals surface area contributed by atoms with Gasteiger partial charge in [0.2, 0.25) is 0 Å². The van der Waals surface area contributed by atoms with E-state index in [0.29, 0.717) is 17.7 Å². The van der Waals surface area contributed by atoms with Crippen LogP contribution in [0.4, 0.5) is 11.4 Å². The molecular formula is C23H15N3O2. The topological polar surface area (TPSA) is 62.1 Å². The average Bonchev–Trinajstić information content (AvgIpc) is 3.20. The first-order valence-corrected chi connectivity index (χ1v) is 9.00. The molecule has 5 heteroatoms. The summed E-state index contributed by atoms with van der Waals surface area (Å²) in [4.78, 5) is 27.1. The summed E-state index contributed by atoms with van der Waals surface area (Å²) in [6, 6.07) is 24.4. The van der Waals surface area contributed by atoms with E-state index < -0.39 is 0 Å². The average molecular weight is 365 g/mol. The van der Waals surface area contributed by atoms with Gasteiger partial charge >= 0.3 is 0 Å². The zero-order valence-corrected chi connectivity index (χ0v) is 14.9. The van der Waals surface area contributed by atoms with Crippen molar-refractivity contribution in [3.8, 4) is 0 Å². The highest BCUT2D eigenvalue weighted by Gasteiger charge is 2.35. The van der Waals surface area contributed by atoms with E-state index in [-0.39, 0.29) is 17.4 Å². The summed E-state index contributed by atoms with van der Waals surface area (Å²) >= 11 is 0. The van der Waals surface area contributed by atoms with Crippen LogP contribution in [0.5, 0.6) is 0 Å². The number of nitrogens with zero attached hydrogens (tertiary/aromatic N) is 3. The van der Waals surface area contributed by atoms with Crippen molar-refractivity contribution in [2.75, 3.05) is 4.90 Å². The van der Waals surface area contributed by atoms with Crippen LogP contribution >= 0.6 is 0 Å². The Morgan fingerprint density at radius 3 is 2.14 bits per heavy atom. The number of carbonyl (C=O) groups is 2. The lowest BCUT2D eigenvalue weighted by Gasteiger charge is -2.16. The predicted molar refractivity (Wildman–Crippen MR) is 108 cm³/mol. The van der Waals surface area contributed by atoms with E-state index in [9.17, 15) is 9.59 Å². The number of hydrogen-bond donors (Lipinski definition) is 0. The minimum atomic E-state index is -0.254. The molecule has 5 rings (SSSR count). The summed E-state index contributed by atoms with van der Waals surface area (Å²) in [7, 11) is 0. The summed E-state index contributed by atoms with van der Waals surface area (Å²) in [5.41, 5.74) is 4.51. The third-order valence-electron chi connectivity index (χ3n) is 4.96. The molecule has 0 fully saturated rings. The second-order valence-electron chi connectivity index (χ2n) is 6.65. The Labute approximate surface area is 161 Å². The maximum absolute atomic E-state index is 13.1. The van der Waals surface area contributed by atoms with Gasteiger partial charge in [0.15, 0.2) is 11.5 Å². The monoisotopic (exact) mass is 365 g/mol. The Kier molecular flexibility index (Phi) is 3.72. The number of amides is 1. The maximum Gasteiger partial charge on any atom is 0.284 e. The van der Waals surface area contributed by atoms with Crippen LogP contribution < -0.4 is 4.90 Å². The lowest BCUT2D eigenvalue weighted by atomic mass is 10.1. The maximum atomic E-state index is 13.1. The van der Waals surface area contributed by atoms with Crippen LogP contribution in [0.3, 0.4) is 0 Å². The third-order valence-corrected chi connectivity index (χ3v) is 4.96. The highest BCUT2D eigenvalue weighted by Crippen LogP contribution is 2.35. The molecule has 5 nitrogen and oxygen atoms in total. The molecule has 1 amide bonds. The first-order valence-electron chi connectivity index (χ1n) is 9.00. The molecule has 0 N–H and O–H groups in total. The minimum absolute atomic E-state index is 0.0794. The van der Waals surface area contributed by atoms with E-state index >= 15 is 0 Å². The molecule has 3 aromatic carbocycles. The van der Waals surface area contributed by atoms with Gasteiger partial charge in [0.1, 0.15) is 5.71 Å². The molecule has 2 aliphatic rings. The van der Waals surface area contributed by atoms with Gasteiger partial charge in [-0.05, 0) is 23.8 Å². The van der Waals surface area contributed by atoms with E-state index in [1.165, 1.54) is 0 Å². The molecule has 1 heterocycles. The summed E-state index contributed by atoms with van der Waals surface area (Å²) in [5.74, 6) is -0.334. The van der Waals surface area contributed by atoms with Crippen LogP contribution in [0.25, 0.3) is 0 Å². The van der Waals surface area contributed by atoms with Crippen molar-refractivity contribution < 1.29 is 9.59 Å². The predicted octanol–water partition coefficient (Wildman–Crippen LogP) is 3.68. The molecule has 0 spiro atoms. The summed E-state index contributed by atoms with van der Waals surface area (Å²) in [6.07, 6.45) is 0.320. The number of fused-ring (bicyclic) bond motifs is 2. The Bertz CT molecular complexity index is 1180. The number of Topliss-reactive ketones (excluding diaryl/α,β-unsaturated/α-hetero) is 1. The normalized spacial score (nSPS) is 18.1. The molecule has 0 atom stereocenters. The van der Waals surface area contributed by atoms with Crippen molar-refractivity contribution in [3.05, 3.63) is 95.6 Å². The molecule has 0 unspecified atom stereocenters. The zero-order chi connectivity index (χ0) is 19.1. The number of para-hydroxylation sites is 2. The number of carbonyl (C=O) groups excluding carboxylic acids is 2. The van der Waals surface area contributed by atoms with E-state index in [0.717, 1.165) is 22.5 Å². The molecule has 3 aromatic rings. The molecule has 0 aromatic heterocycles. The first kappa shape index (κ1) is 16.3. The second kappa shape index (κ2) is 6.39. The van der Waals surface area contributed by atoms with Crippen molar-refractivity contribution in [1.29, 1.82) is 0 Å². The van der Waals surface area contributed by atoms with Gasteiger partial charge in [0.25, 0.3) is 5.91 Å². The number of ketones is 1. The highest BCUT2D eigenvalue weighted by atomic mass is 16.2. The molecular weight excluding hydrogens is 350 g/mol. The van der Waals surface area contributed by atoms with Crippen molar-refractivity contribution in [2.45, 2.75) is 6.42 Å². The lowest BCUT2D eigenvalue weighted by Crippen LogP contribution is -2.25. The van der Waals surface area contributed by atoms with Crippen molar-refractivity contribution in [3.63, 3.8) is 0 Å². The van der Waals surface area contributed by atoms with Crippen LogP contribution in [0, 0.1) is 0 Å². The number of hydrogen-bond acceptors (Lipinski definition) is 4. The minimum Gasteiger partial charge on any atom is -0.292 e. The van der Waals surface area contributed by atoms with E-state index in [1.54, 1.807) is 4.90 Å². The number of benzene rings is 3. The second-order valence-corrected chi connectivity index (χ2v) is 6.65. The fraction of sp³-hybridized carbons (Fsp3) is 0.0435. The van der Waals surface area contributed by atoms with Crippen LogP contribution in [0.15, 0.2) is 89.1 Å². The van der Waals surface area contributed by atoms with Crippen LogP contribution in [0.2, 0.25) is 0 Å². The SMILES string of the molecule is O=C1Cc2ccccc2/C1=N/N=C1\C(=O)N(c2ccccc2)c2ccccc21. The first-order chi connectivity index (χ1) is 13.7. The van der Waals surface area contributed by atoms with Gasteiger partial charge in [0.05, 0.1) is 5.69 Å². The van der Waals surface area contributed by atoms with Gasteiger partial charge in [-0.3, -0.25) is 14.5 Å². The fourth-order valence-corrected chi connectivity index (χ4v) is 3.65. The van der Waals surface area contributed by atoms with E-state index in [4.69, 9.17) is 0 Å². The molecule has 1 aliphatic heterocycles. The number of anilines is 2. The molecule has 134 valence electrons. The molecule has 0 bridgehead atoms. The quantitative estimate of drug-likeness (QED) is 0.650. The van der Waals surface area contributed by atoms with Gasteiger partial charge in [-0.15, -0.1) is 10.2 Å². The summed E-state index contributed by atoms with van der Waals surface area (Å²) < 4.78 is 0. The van der Waals surface area contributed by atoms with Crippen LogP contribution in [0.1, 0.15) is 16.7 Å². The van der Waals surface area contributed by atoms with Gasteiger partial charge in [-0.25, -0.2) is 0 Å². The summed E-state index contributed by atoms with van der Waals surface area (Å²) in [6.45, 7) is 0. The van der Waals surface area contributed by atoms with Crippen molar-refractivity contribution in [1.82, 2.24) is 0 Å². The standard InChI is InChI=1S/C23H15N3O2/c27-20-14-15-8-4-5-11-17(15)21(20)24-25-22-18-12-6-7-13-19(18)26(23(22)28)16-9-2-1-3-10-16/h1-13H,14H2/b24-21-,25-22-. The smallest absolute Gasteiger partial charge is 0.284 e. The molecule has 0 radical (unpaired) electrons. The lowest BCUT2D eigenvalue weighted by molar-refractivity contribution is -0.112. The van der Waals surface area contributed by atoms with Crippen LogP contribution in [-0.2, 0) is 16.0 Å². The Morgan fingerprint density at radius 1 is 0.679 bits per heavy atom. The summed E-state index contributed by atoms with van der Waals surface area (Å²) in [5, 5.41) is 8.46. The largest absolute Gasteiger partial charge is 0.292 e. The van der Waals surface area contributed by atoms with Gasteiger partial charge in [-0.1, -0.05) is 60.7 Å². The third kappa shape index (κ3) is 2.48. The van der Waals surface area contributed by atoms with E-state index in [2.05, 4.69) is 10.2 Å². The molecule has 28 heavy (non-hydrogen) atoms. The van der Waals surface area contributed by atoms with E-state index in [1.807, 2.05) is 78.9 Å². The Balaban J connectivity index is 1.61. The zero-order valence-electron chi connectivity index (χ0n) is 14.9. The number of rotatable bonds is 2. The molecule has 0 saturated heterocycles.